The normalized spacial score (nSPS) is 12.3. The second-order valence-electron chi connectivity index (χ2n) is 25.2. The van der Waals surface area contributed by atoms with Gasteiger partial charge in [-0.3, -0.25) is 14.4 Å². The van der Waals surface area contributed by atoms with Gasteiger partial charge in [-0.25, -0.2) is 0 Å². The number of unbranched alkanes of at least 4 members (excludes halogenated alkanes) is 50. The van der Waals surface area contributed by atoms with Crippen LogP contribution in [0.25, 0.3) is 0 Å². The van der Waals surface area contributed by atoms with Crippen LogP contribution in [0, 0.1) is 0 Å². The summed E-state index contributed by atoms with van der Waals surface area (Å²) in [6.45, 7) is 6.67. The zero-order chi connectivity index (χ0) is 59.9. The molecule has 0 aromatic rings. The zero-order valence-electron chi connectivity index (χ0n) is 56.0. The number of carbonyl (C=O) groups is 3. The van der Waals surface area contributed by atoms with Crippen molar-refractivity contribution < 1.29 is 28.6 Å². The first-order chi connectivity index (χ1) is 41.0. The first-order valence-electron chi connectivity index (χ1n) is 37.1. The summed E-state index contributed by atoms with van der Waals surface area (Å²) < 4.78 is 17.0. The van der Waals surface area contributed by atoms with E-state index in [9.17, 15) is 14.4 Å². The van der Waals surface area contributed by atoms with Gasteiger partial charge in [-0.05, 0) is 83.5 Å². The van der Waals surface area contributed by atoms with Crippen LogP contribution in [0.15, 0.2) is 48.6 Å². The lowest BCUT2D eigenvalue weighted by Crippen LogP contribution is -2.30. The van der Waals surface area contributed by atoms with Gasteiger partial charge in [0.15, 0.2) is 6.10 Å². The third kappa shape index (κ3) is 70.0. The van der Waals surface area contributed by atoms with Crippen molar-refractivity contribution in [1.29, 1.82) is 0 Å². The average Bonchev–Trinajstić information content (AvgIpc) is 3.49. The average molecular weight is 1160 g/mol. The Balaban J connectivity index is 4.25. The van der Waals surface area contributed by atoms with Gasteiger partial charge in [-0.1, -0.05) is 352 Å². The molecule has 0 aliphatic heterocycles. The molecule has 83 heavy (non-hydrogen) atoms. The summed E-state index contributed by atoms with van der Waals surface area (Å²) in [5, 5.41) is 0. The summed E-state index contributed by atoms with van der Waals surface area (Å²) in [6, 6.07) is 0. The Bertz CT molecular complexity index is 1430. The first-order valence-corrected chi connectivity index (χ1v) is 37.1. The second kappa shape index (κ2) is 71.8. The maximum absolute atomic E-state index is 13.0. The highest BCUT2D eigenvalue weighted by molar-refractivity contribution is 5.71. The molecule has 486 valence electrons. The van der Waals surface area contributed by atoms with Gasteiger partial charge in [0.05, 0.1) is 0 Å². The Morgan fingerprint density at radius 1 is 0.241 bits per heavy atom. The molecule has 1 unspecified atom stereocenters. The molecule has 0 spiro atoms. The van der Waals surface area contributed by atoms with Crippen LogP contribution >= 0.6 is 0 Å². The summed E-state index contributed by atoms with van der Waals surface area (Å²) in [5.41, 5.74) is 0. The van der Waals surface area contributed by atoms with E-state index in [1.807, 2.05) is 0 Å². The molecule has 0 rings (SSSR count). The SMILES string of the molecule is CCCCC/C=C\C/C=C\C/C=C\CCCCCCCCC(=O)OC(COC(=O)CCCCCCCCC/C=C\CCCCCCCC)COC(=O)CCCCCCCCCCCCCCCCCCCCCCCCCCCCCCC. The second-order valence-corrected chi connectivity index (χ2v) is 25.2. The lowest BCUT2D eigenvalue weighted by atomic mass is 10.0. The third-order valence-corrected chi connectivity index (χ3v) is 16.8. The van der Waals surface area contributed by atoms with Gasteiger partial charge in [0.25, 0.3) is 0 Å². The van der Waals surface area contributed by atoms with Crippen LogP contribution in [-0.4, -0.2) is 37.2 Å². The molecule has 0 aliphatic carbocycles. The molecule has 0 N–H and O–H groups in total. The van der Waals surface area contributed by atoms with Gasteiger partial charge >= 0.3 is 17.9 Å². The summed E-state index contributed by atoms with van der Waals surface area (Å²) in [5.74, 6) is -0.865. The van der Waals surface area contributed by atoms with Gasteiger partial charge in [0.1, 0.15) is 13.2 Å². The molecule has 0 saturated carbocycles. The Morgan fingerprint density at radius 2 is 0.434 bits per heavy atom. The minimum absolute atomic E-state index is 0.0758. The van der Waals surface area contributed by atoms with Gasteiger partial charge in [-0.2, -0.15) is 0 Å². The zero-order valence-corrected chi connectivity index (χ0v) is 56.0. The summed E-state index contributed by atoms with van der Waals surface area (Å²) in [4.78, 5) is 38.5. The quantitative estimate of drug-likeness (QED) is 0.0261. The van der Waals surface area contributed by atoms with Crippen LogP contribution in [-0.2, 0) is 28.6 Å². The number of hydrogen-bond acceptors (Lipinski definition) is 6. The largest absolute Gasteiger partial charge is 0.462 e. The molecule has 1 atom stereocenters. The van der Waals surface area contributed by atoms with E-state index in [4.69, 9.17) is 14.2 Å². The van der Waals surface area contributed by atoms with Crippen LogP contribution in [0.1, 0.15) is 406 Å². The van der Waals surface area contributed by atoms with Crippen molar-refractivity contribution in [2.24, 2.45) is 0 Å². The Morgan fingerprint density at radius 3 is 0.711 bits per heavy atom. The smallest absolute Gasteiger partial charge is 0.306 e. The van der Waals surface area contributed by atoms with Gasteiger partial charge in [0, 0.05) is 19.3 Å². The summed E-state index contributed by atoms with van der Waals surface area (Å²) in [7, 11) is 0. The fraction of sp³-hybridized carbons (Fsp3) is 0.857. The van der Waals surface area contributed by atoms with Crippen LogP contribution < -0.4 is 0 Å². The Hall–Kier alpha value is -2.63. The number of rotatable bonds is 69. The number of hydrogen-bond donors (Lipinski definition) is 0. The molecule has 0 aromatic heterocycles. The fourth-order valence-electron chi connectivity index (χ4n) is 11.2. The van der Waals surface area contributed by atoms with E-state index in [0.29, 0.717) is 19.3 Å². The lowest BCUT2D eigenvalue weighted by Gasteiger charge is -2.18. The highest BCUT2D eigenvalue weighted by Gasteiger charge is 2.19. The molecular weight excluding hydrogens is 1020 g/mol. The summed E-state index contributed by atoms with van der Waals surface area (Å²) in [6.07, 6.45) is 91.5. The minimum atomic E-state index is -0.782. The van der Waals surface area contributed by atoms with Gasteiger partial charge in [0.2, 0.25) is 0 Å². The van der Waals surface area contributed by atoms with E-state index in [0.717, 1.165) is 77.0 Å². The van der Waals surface area contributed by atoms with Gasteiger partial charge < -0.3 is 14.2 Å². The molecule has 0 saturated heterocycles. The van der Waals surface area contributed by atoms with E-state index >= 15 is 0 Å². The molecule has 6 nitrogen and oxygen atoms in total. The van der Waals surface area contributed by atoms with Crippen LogP contribution in [0.4, 0.5) is 0 Å². The minimum Gasteiger partial charge on any atom is -0.462 e. The number of carbonyl (C=O) groups excluding carboxylic acids is 3. The Labute approximate surface area is 518 Å². The number of esters is 3. The maximum Gasteiger partial charge on any atom is 0.306 e. The highest BCUT2D eigenvalue weighted by Crippen LogP contribution is 2.19. The molecule has 0 aromatic carbocycles. The van der Waals surface area contributed by atoms with Crippen LogP contribution in [0.5, 0.6) is 0 Å². The van der Waals surface area contributed by atoms with Crippen molar-refractivity contribution in [3.8, 4) is 0 Å². The predicted octanol–water partition coefficient (Wildman–Crippen LogP) is 25.7. The summed E-state index contributed by atoms with van der Waals surface area (Å²) >= 11 is 0. The van der Waals surface area contributed by atoms with Crippen LogP contribution in [0.2, 0.25) is 0 Å². The van der Waals surface area contributed by atoms with E-state index in [2.05, 4.69) is 69.4 Å². The van der Waals surface area contributed by atoms with E-state index in [1.165, 1.54) is 289 Å². The molecule has 0 aliphatic rings. The predicted molar refractivity (Wildman–Crippen MR) is 362 cm³/mol. The number of allylic oxidation sites excluding steroid dienone is 8. The Kier molecular flexibility index (Phi) is 69.6. The highest BCUT2D eigenvalue weighted by atomic mass is 16.6. The van der Waals surface area contributed by atoms with Gasteiger partial charge in [-0.15, -0.1) is 0 Å². The fourth-order valence-corrected chi connectivity index (χ4v) is 11.2. The molecule has 6 heteroatoms. The topological polar surface area (TPSA) is 78.9 Å². The van der Waals surface area contributed by atoms with Crippen LogP contribution in [0.3, 0.4) is 0 Å². The third-order valence-electron chi connectivity index (χ3n) is 16.8. The van der Waals surface area contributed by atoms with E-state index in [-0.39, 0.29) is 31.1 Å². The molecule has 0 fully saturated rings. The van der Waals surface area contributed by atoms with E-state index < -0.39 is 6.10 Å². The number of ether oxygens (including phenoxy) is 3. The molecule has 0 heterocycles. The maximum atomic E-state index is 13.0. The molecule has 0 radical (unpaired) electrons. The standard InChI is InChI=1S/C77H142O6/c1-4-7-10-13-16-19-22-25-28-31-33-34-35-36-37-38-39-40-41-42-44-46-49-52-55-58-61-64-67-70-76(79)82-73-74(72-81-75(78)69-66-63-60-57-54-51-48-45-30-27-24-21-18-15-12-9-6-3)83-77(80)71-68-65-62-59-56-53-50-47-43-32-29-26-23-20-17-14-11-8-5-2/h17,20,26-27,29-30,43,47,74H,4-16,18-19,21-25,28,31-42,44-46,48-73H2,1-3H3/b20-17-,29-26-,30-27-,47-43-. The van der Waals surface area contributed by atoms with E-state index in [1.54, 1.807) is 0 Å². The van der Waals surface area contributed by atoms with Crippen molar-refractivity contribution in [3.63, 3.8) is 0 Å². The lowest BCUT2D eigenvalue weighted by molar-refractivity contribution is -0.167. The van der Waals surface area contributed by atoms with Crippen molar-refractivity contribution >= 4 is 17.9 Å². The molecule has 0 bridgehead atoms. The van der Waals surface area contributed by atoms with Crippen molar-refractivity contribution in [2.45, 2.75) is 412 Å². The molecular formula is C77H142O6. The monoisotopic (exact) mass is 1160 g/mol. The molecule has 0 amide bonds. The van der Waals surface area contributed by atoms with Crippen molar-refractivity contribution in [1.82, 2.24) is 0 Å². The van der Waals surface area contributed by atoms with Crippen molar-refractivity contribution in [2.75, 3.05) is 13.2 Å². The first kappa shape index (κ1) is 80.4. The van der Waals surface area contributed by atoms with Crippen molar-refractivity contribution in [3.05, 3.63) is 48.6 Å².